The van der Waals surface area contributed by atoms with Crippen molar-refractivity contribution in [2.75, 3.05) is 11.9 Å². The molecule has 0 saturated heterocycles. The van der Waals surface area contributed by atoms with Crippen LogP contribution in [0.1, 0.15) is 18.1 Å². The standard InChI is InChI=1S/C18H18F3NO3S/c1-13(17(23)22(2)16-9-4-3-5-10-16)26(24,25)12-14-7-6-8-15(11-14)18(19,20)21/h3-11,13H,12H2,1-2H3/t13-/m0/s1. The molecule has 0 N–H and O–H groups in total. The van der Waals surface area contributed by atoms with Gasteiger partial charge in [-0.3, -0.25) is 4.79 Å². The molecule has 0 unspecified atom stereocenters. The number of carbonyl (C=O) groups is 1. The van der Waals surface area contributed by atoms with Gasteiger partial charge in [-0.1, -0.05) is 36.4 Å². The van der Waals surface area contributed by atoms with Crippen molar-refractivity contribution >= 4 is 21.4 Å². The van der Waals surface area contributed by atoms with Gasteiger partial charge in [0.1, 0.15) is 5.25 Å². The van der Waals surface area contributed by atoms with Gasteiger partial charge in [0.15, 0.2) is 9.84 Å². The van der Waals surface area contributed by atoms with Gasteiger partial charge in [0, 0.05) is 12.7 Å². The first-order chi connectivity index (χ1) is 12.0. The molecular formula is C18H18F3NO3S. The molecule has 0 bridgehead atoms. The molecule has 0 heterocycles. The molecule has 1 amide bonds. The van der Waals surface area contributed by atoms with E-state index in [1.54, 1.807) is 30.3 Å². The van der Waals surface area contributed by atoms with Crippen molar-refractivity contribution in [2.45, 2.75) is 24.1 Å². The summed E-state index contributed by atoms with van der Waals surface area (Å²) in [5, 5.41) is -1.39. The molecule has 4 nitrogen and oxygen atoms in total. The molecule has 0 aromatic heterocycles. The third-order valence-corrected chi connectivity index (χ3v) is 6.00. The third kappa shape index (κ3) is 4.63. The fourth-order valence-corrected chi connectivity index (χ4v) is 3.76. The van der Waals surface area contributed by atoms with Crippen molar-refractivity contribution in [3.63, 3.8) is 0 Å². The van der Waals surface area contributed by atoms with Gasteiger partial charge >= 0.3 is 6.18 Å². The number of para-hydroxylation sites is 1. The lowest BCUT2D eigenvalue weighted by Gasteiger charge is -2.21. The highest BCUT2D eigenvalue weighted by molar-refractivity contribution is 7.92. The predicted molar refractivity (Wildman–Crippen MR) is 93.4 cm³/mol. The van der Waals surface area contributed by atoms with Crippen LogP contribution in [0.25, 0.3) is 0 Å². The maximum absolute atomic E-state index is 12.8. The molecule has 0 radical (unpaired) electrons. The van der Waals surface area contributed by atoms with Crippen molar-refractivity contribution in [2.24, 2.45) is 0 Å². The van der Waals surface area contributed by atoms with Gasteiger partial charge in [0.25, 0.3) is 0 Å². The molecule has 0 aliphatic carbocycles. The quantitative estimate of drug-likeness (QED) is 0.789. The average molecular weight is 385 g/mol. The average Bonchev–Trinajstić information content (AvgIpc) is 2.59. The normalized spacial score (nSPS) is 13.3. The molecule has 0 spiro atoms. The van der Waals surface area contributed by atoms with E-state index in [0.717, 1.165) is 18.2 Å². The highest BCUT2D eigenvalue weighted by atomic mass is 32.2. The van der Waals surface area contributed by atoms with Gasteiger partial charge < -0.3 is 4.90 Å². The molecular weight excluding hydrogens is 367 g/mol. The molecule has 26 heavy (non-hydrogen) atoms. The van der Waals surface area contributed by atoms with Crippen LogP contribution in [0.5, 0.6) is 0 Å². The first-order valence-electron chi connectivity index (χ1n) is 7.72. The summed E-state index contributed by atoms with van der Waals surface area (Å²) in [5.74, 6) is -1.30. The fourth-order valence-electron chi connectivity index (χ4n) is 2.40. The Labute approximate surface area is 150 Å². The van der Waals surface area contributed by atoms with E-state index in [0.29, 0.717) is 5.69 Å². The Balaban J connectivity index is 2.20. The lowest BCUT2D eigenvalue weighted by atomic mass is 10.1. The Hall–Kier alpha value is -2.35. The number of nitrogens with zero attached hydrogens (tertiary/aromatic N) is 1. The first-order valence-corrected chi connectivity index (χ1v) is 9.44. The molecule has 8 heteroatoms. The monoisotopic (exact) mass is 385 g/mol. The number of benzene rings is 2. The molecule has 2 aromatic rings. The summed E-state index contributed by atoms with van der Waals surface area (Å²) in [7, 11) is -2.53. The van der Waals surface area contributed by atoms with E-state index in [1.165, 1.54) is 24.9 Å². The minimum absolute atomic E-state index is 0.0122. The van der Waals surface area contributed by atoms with Gasteiger partial charge in [-0.05, 0) is 30.7 Å². The van der Waals surface area contributed by atoms with Crippen molar-refractivity contribution in [3.05, 3.63) is 65.7 Å². The number of amides is 1. The largest absolute Gasteiger partial charge is 0.416 e. The van der Waals surface area contributed by atoms with Gasteiger partial charge in [-0.15, -0.1) is 0 Å². The molecule has 1 atom stereocenters. The van der Waals surface area contributed by atoms with E-state index in [1.807, 2.05) is 0 Å². The third-order valence-electron chi connectivity index (χ3n) is 3.98. The molecule has 0 aliphatic rings. The minimum Gasteiger partial charge on any atom is -0.314 e. The van der Waals surface area contributed by atoms with Gasteiger partial charge in [0.05, 0.1) is 11.3 Å². The van der Waals surface area contributed by atoms with Crippen LogP contribution in [0.15, 0.2) is 54.6 Å². The van der Waals surface area contributed by atoms with Crippen LogP contribution in [-0.4, -0.2) is 26.6 Å². The number of hydrogen-bond donors (Lipinski definition) is 0. The van der Waals surface area contributed by atoms with Crippen LogP contribution in [0.2, 0.25) is 0 Å². The second kappa shape index (κ2) is 7.49. The zero-order chi connectivity index (χ0) is 19.5. The zero-order valence-corrected chi connectivity index (χ0v) is 15.0. The van der Waals surface area contributed by atoms with E-state index in [4.69, 9.17) is 0 Å². The molecule has 2 rings (SSSR count). The Kier molecular flexibility index (Phi) is 5.75. The van der Waals surface area contributed by atoms with Gasteiger partial charge in [0.2, 0.25) is 5.91 Å². The summed E-state index contributed by atoms with van der Waals surface area (Å²) < 4.78 is 63.3. The number of carbonyl (C=O) groups excluding carboxylic acids is 1. The lowest BCUT2D eigenvalue weighted by Crippen LogP contribution is -2.39. The van der Waals surface area contributed by atoms with E-state index < -0.39 is 38.5 Å². The second-order valence-corrected chi connectivity index (χ2v) is 8.20. The van der Waals surface area contributed by atoms with Crippen LogP contribution in [0.3, 0.4) is 0 Å². The number of halogens is 3. The van der Waals surface area contributed by atoms with Crippen LogP contribution in [0.4, 0.5) is 18.9 Å². The van der Waals surface area contributed by atoms with E-state index in [2.05, 4.69) is 0 Å². The zero-order valence-electron chi connectivity index (χ0n) is 14.2. The van der Waals surface area contributed by atoms with E-state index in [9.17, 15) is 26.4 Å². The van der Waals surface area contributed by atoms with Crippen LogP contribution >= 0.6 is 0 Å². The Bertz CT molecular complexity index is 880. The summed E-state index contributed by atoms with van der Waals surface area (Å²) in [5.41, 5.74) is -0.411. The van der Waals surface area contributed by atoms with Crippen molar-refractivity contribution in [3.8, 4) is 0 Å². The number of anilines is 1. The molecule has 0 fully saturated rings. The number of rotatable bonds is 5. The van der Waals surface area contributed by atoms with Crippen LogP contribution in [-0.2, 0) is 26.6 Å². The summed E-state index contributed by atoms with van der Waals surface area (Å²) in [6.07, 6.45) is -4.56. The number of sulfone groups is 1. The number of alkyl halides is 3. The summed E-state index contributed by atoms with van der Waals surface area (Å²) in [4.78, 5) is 13.7. The van der Waals surface area contributed by atoms with Crippen molar-refractivity contribution < 1.29 is 26.4 Å². The van der Waals surface area contributed by atoms with Gasteiger partial charge in [-0.2, -0.15) is 13.2 Å². The maximum atomic E-state index is 12.8. The summed E-state index contributed by atoms with van der Waals surface area (Å²) in [6, 6.07) is 12.6. The maximum Gasteiger partial charge on any atom is 0.416 e. The highest BCUT2D eigenvalue weighted by Gasteiger charge is 2.33. The van der Waals surface area contributed by atoms with Gasteiger partial charge in [-0.25, -0.2) is 8.42 Å². The van der Waals surface area contributed by atoms with Crippen molar-refractivity contribution in [1.82, 2.24) is 0 Å². The summed E-state index contributed by atoms with van der Waals surface area (Å²) in [6.45, 7) is 1.24. The summed E-state index contributed by atoms with van der Waals surface area (Å²) >= 11 is 0. The second-order valence-electron chi connectivity index (χ2n) is 5.88. The molecule has 0 aliphatic heterocycles. The molecule has 0 saturated carbocycles. The topological polar surface area (TPSA) is 54.5 Å². The lowest BCUT2D eigenvalue weighted by molar-refractivity contribution is -0.137. The predicted octanol–water partition coefficient (Wildman–Crippen LogP) is 3.67. The highest BCUT2D eigenvalue weighted by Crippen LogP contribution is 2.30. The SMILES string of the molecule is C[C@@H](C(=O)N(C)c1ccccc1)S(=O)(=O)Cc1cccc(C(F)(F)F)c1. The van der Waals surface area contributed by atoms with Crippen LogP contribution < -0.4 is 4.90 Å². The molecule has 2 aromatic carbocycles. The van der Waals surface area contributed by atoms with E-state index >= 15 is 0 Å². The van der Waals surface area contributed by atoms with Crippen molar-refractivity contribution in [1.29, 1.82) is 0 Å². The smallest absolute Gasteiger partial charge is 0.314 e. The first kappa shape index (κ1) is 20.0. The Morgan fingerprint density at radius 1 is 1.08 bits per heavy atom. The molecule has 140 valence electrons. The fraction of sp³-hybridized carbons (Fsp3) is 0.278. The Morgan fingerprint density at radius 3 is 2.27 bits per heavy atom. The minimum atomic E-state index is -4.56. The number of hydrogen-bond acceptors (Lipinski definition) is 3. The van der Waals surface area contributed by atoms with E-state index in [-0.39, 0.29) is 5.56 Å². The Morgan fingerprint density at radius 2 is 1.69 bits per heavy atom. The van der Waals surface area contributed by atoms with Crippen LogP contribution in [0, 0.1) is 0 Å².